The maximum Gasteiger partial charge on any atom is 0.236 e. The molecular formula is C48H31N5. The fourth-order valence-corrected chi connectivity index (χ4v) is 8.88. The number of nitrogens with zero attached hydrogens (tertiary/aromatic N) is 5. The molecule has 0 atom stereocenters. The van der Waals surface area contributed by atoms with E-state index in [2.05, 4.69) is 150 Å². The molecule has 0 unspecified atom stereocenters. The van der Waals surface area contributed by atoms with Crippen LogP contribution in [-0.2, 0) is 5.41 Å². The predicted octanol–water partition coefficient (Wildman–Crippen LogP) is 11.7. The number of para-hydroxylation sites is 3. The summed E-state index contributed by atoms with van der Waals surface area (Å²) in [7, 11) is 0. The highest BCUT2D eigenvalue weighted by Crippen LogP contribution is 2.49. The van der Waals surface area contributed by atoms with Gasteiger partial charge in [0.25, 0.3) is 0 Å². The maximum absolute atomic E-state index is 9.99. The van der Waals surface area contributed by atoms with Crippen LogP contribution in [0.5, 0.6) is 0 Å². The van der Waals surface area contributed by atoms with Gasteiger partial charge in [-0.25, -0.2) is 9.97 Å². The smallest absolute Gasteiger partial charge is 0.236 e. The summed E-state index contributed by atoms with van der Waals surface area (Å²) in [4.78, 5) is 9.69. The average Bonchev–Trinajstić information content (AvgIpc) is 3.80. The molecule has 0 radical (unpaired) electrons. The summed E-state index contributed by atoms with van der Waals surface area (Å²) in [5, 5.41) is 15.4. The molecule has 0 saturated heterocycles. The van der Waals surface area contributed by atoms with Crippen LogP contribution in [0.1, 0.15) is 30.7 Å². The normalized spacial score (nSPS) is 13.2. The third kappa shape index (κ3) is 4.12. The highest BCUT2D eigenvalue weighted by atomic mass is 15.2. The molecule has 3 heterocycles. The standard InChI is InChI=1S/C48H31N5/c1-48(2)39-15-7-3-11-32(39)33-22-21-31(27-40(33)48)52-43-17-9-5-12-34(43)37-25-29(19-23-45(37)52)30-20-24-46-38(26-30)35-13-6-10-18-44(35)53(46)47-50-41-16-8-4-14-36(41)42(28-49)51-47/h3-27H,1-2H3. The lowest BCUT2D eigenvalue weighted by molar-refractivity contribution is 0.660. The first-order valence-electron chi connectivity index (χ1n) is 18.0. The van der Waals surface area contributed by atoms with Crippen molar-refractivity contribution in [1.29, 1.82) is 5.26 Å². The molecule has 0 N–H and O–H groups in total. The lowest BCUT2D eigenvalue weighted by Crippen LogP contribution is -2.15. The summed E-state index contributed by atoms with van der Waals surface area (Å²) in [6.45, 7) is 4.68. The van der Waals surface area contributed by atoms with Crippen molar-refractivity contribution in [3.8, 4) is 40.0 Å². The van der Waals surface area contributed by atoms with Crippen LogP contribution in [0.25, 0.3) is 88.4 Å². The van der Waals surface area contributed by atoms with E-state index in [1.54, 1.807) is 0 Å². The fraction of sp³-hybridized carbons (Fsp3) is 0.0625. The topological polar surface area (TPSA) is 59.4 Å². The van der Waals surface area contributed by atoms with Gasteiger partial charge in [-0.2, -0.15) is 5.26 Å². The number of aromatic nitrogens is 4. The van der Waals surface area contributed by atoms with Gasteiger partial charge in [-0.3, -0.25) is 4.57 Å². The monoisotopic (exact) mass is 677 g/mol. The van der Waals surface area contributed by atoms with Gasteiger partial charge in [0.15, 0.2) is 5.69 Å². The van der Waals surface area contributed by atoms with Crippen LogP contribution in [-0.4, -0.2) is 19.1 Å². The number of nitriles is 1. The first-order chi connectivity index (χ1) is 26.0. The lowest BCUT2D eigenvalue weighted by Gasteiger charge is -2.22. The highest BCUT2D eigenvalue weighted by molar-refractivity contribution is 6.12. The number of rotatable bonds is 3. The van der Waals surface area contributed by atoms with Gasteiger partial charge >= 0.3 is 0 Å². The molecule has 3 aromatic heterocycles. The van der Waals surface area contributed by atoms with Crippen LogP contribution >= 0.6 is 0 Å². The van der Waals surface area contributed by atoms with Gasteiger partial charge in [0.1, 0.15) is 6.07 Å². The van der Waals surface area contributed by atoms with Gasteiger partial charge in [0.05, 0.1) is 27.6 Å². The molecule has 10 aromatic rings. The second kappa shape index (κ2) is 10.7. The van der Waals surface area contributed by atoms with E-state index in [4.69, 9.17) is 9.97 Å². The molecule has 5 nitrogen and oxygen atoms in total. The Morgan fingerprint density at radius 2 is 1.06 bits per heavy atom. The Bertz CT molecular complexity index is 3220. The minimum absolute atomic E-state index is 0.0753. The van der Waals surface area contributed by atoms with Crippen LogP contribution in [0, 0.1) is 11.3 Å². The molecule has 248 valence electrons. The summed E-state index contributed by atoms with van der Waals surface area (Å²) >= 11 is 0. The molecule has 1 aliphatic rings. The molecule has 0 saturated carbocycles. The van der Waals surface area contributed by atoms with Gasteiger partial charge in [-0.1, -0.05) is 105 Å². The summed E-state index contributed by atoms with van der Waals surface area (Å²) in [6.07, 6.45) is 0. The average molecular weight is 678 g/mol. The minimum atomic E-state index is -0.0753. The number of hydrogen-bond acceptors (Lipinski definition) is 3. The van der Waals surface area contributed by atoms with E-state index in [0.29, 0.717) is 11.6 Å². The van der Waals surface area contributed by atoms with Crippen LogP contribution in [0.2, 0.25) is 0 Å². The van der Waals surface area contributed by atoms with Gasteiger partial charge < -0.3 is 4.57 Å². The van der Waals surface area contributed by atoms with E-state index < -0.39 is 0 Å². The Labute approximate surface area is 305 Å². The van der Waals surface area contributed by atoms with E-state index in [1.807, 2.05) is 30.3 Å². The van der Waals surface area contributed by atoms with Crippen molar-refractivity contribution in [3.63, 3.8) is 0 Å². The van der Waals surface area contributed by atoms with Crippen molar-refractivity contribution in [2.24, 2.45) is 0 Å². The van der Waals surface area contributed by atoms with Crippen LogP contribution in [0.3, 0.4) is 0 Å². The van der Waals surface area contributed by atoms with Crippen molar-refractivity contribution in [3.05, 3.63) is 168 Å². The lowest BCUT2D eigenvalue weighted by atomic mass is 9.82. The van der Waals surface area contributed by atoms with Gasteiger partial charge in [0.2, 0.25) is 5.95 Å². The summed E-state index contributed by atoms with van der Waals surface area (Å²) < 4.78 is 4.50. The molecule has 7 aromatic carbocycles. The molecule has 53 heavy (non-hydrogen) atoms. The second-order valence-corrected chi connectivity index (χ2v) is 14.6. The van der Waals surface area contributed by atoms with Crippen molar-refractivity contribution >= 4 is 54.5 Å². The quantitative estimate of drug-likeness (QED) is 0.187. The third-order valence-electron chi connectivity index (χ3n) is 11.4. The molecule has 0 bridgehead atoms. The predicted molar refractivity (Wildman–Crippen MR) is 216 cm³/mol. The van der Waals surface area contributed by atoms with Crippen molar-refractivity contribution in [2.45, 2.75) is 19.3 Å². The Balaban J connectivity index is 1.08. The van der Waals surface area contributed by atoms with Gasteiger partial charge in [-0.05, 0) is 94.0 Å². The number of fused-ring (bicyclic) bond motifs is 10. The Morgan fingerprint density at radius 1 is 0.491 bits per heavy atom. The molecule has 0 aliphatic heterocycles. The van der Waals surface area contributed by atoms with Crippen molar-refractivity contribution in [1.82, 2.24) is 19.1 Å². The van der Waals surface area contributed by atoms with E-state index in [0.717, 1.165) is 43.8 Å². The van der Waals surface area contributed by atoms with Gasteiger partial charge in [-0.15, -0.1) is 0 Å². The van der Waals surface area contributed by atoms with E-state index >= 15 is 0 Å². The Hall–Kier alpha value is -7.03. The summed E-state index contributed by atoms with van der Waals surface area (Å²) in [5.41, 5.74) is 14.3. The molecule has 5 heteroatoms. The molecular weight excluding hydrogens is 647 g/mol. The third-order valence-corrected chi connectivity index (χ3v) is 11.4. The minimum Gasteiger partial charge on any atom is -0.309 e. The first kappa shape index (κ1) is 29.7. The SMILES string of the molecule is CC1(C)c2ccccc2-c2ccc(-n3c4ccccc4c4cc(-c5ccc6c(c5)c5ccccc5n6-c5nc(C#N)c6ccccc6n5)ccc43)cc21. The van der Waals surface area contributed by atoms with E-state index in [-0.39, 0.29) is 5.41 Å². The molecule has 0 fully saturated rings. The Morgan fingerprint density at radius 3 is 1.77 bits per heavy atom. The van der Waals surface area contributed by atoms with Crippen molar-refractivity contribution in [2.75, 3.05) is 0 Å². The van der Waals surface area contributed by atoms with Crippen LogP contribution in [0.4, 0.5) is 0 Å². The summed E-state index contributed by atoms with van der Waals surface area (Å²) in [5.74, 6) is 0.493. The Kier molecular flexibility index (Phi) is 6.01. The second-order valence-electron chi connectivity index (χ2n) is 14.6. The van der Waals surface area contributed by atoms with Gasteiger partial charge in [0, 0.05) is 38.0 Å². The molecule has 0 amide bonds. The molecule has 0 spiro atoms. The molecule has 1 aliphatic carbocycles. The first-order valence-corrected chi connectivity index (χ1v) is 18.0. The van der Waals surface area contributed by atoms with Crippen LogP contribution in [0.15, 0.2) is 152 Å². The largest absolute Gasteiger partial charge is 0.309 e. The zero-order chi connectivity index (χ0) is 35.4. The van der Waals surface area contributed by atoms with Crippen molar-refractivity contribution < 1.29 is 0 Å². The zero-order valence-corrected chi connectivity index (χ0v) is 29.2. The number of hydrogen-bond donors (Lipinski definition) is 0. The highest BCUT2D eigenvalue weighted by Gasteiger charge is 2.35. The van der Waals surface area contributed by atoms with E-state index in [1.165, 1.54) is 49.7 Å². The maximum atomic E-state index is 9.99. The summed E-state index contributed by atoms with van der Waals surface area (Å²) in [6, 6.07) is 56.4. The van der Waals surface area contributed by atoms with Crippen LogP contribution < -0.4 is 0 Å². The van der Waals surface area contributed by atoms with E-state index in [9.17, 15) is 5.26 Å². The molecule has 11 rings (SSSR count). The number of benzene rings is 7. The fourth-order valence-electron chi connectivity index (χ4n) is 8.88. The zero-order valence-electron chi connectivity index (χ0n) is 29.2.